The van der Waals surface area contributed by atoms with E-state index in [-0.39, 0.29) is 11.8 Å². The average molecular weight is 350 g/mol. The molecule has 1 aromatic carbocycles. The van der Waals surface area contributed by atoms with Crippen LogP contribution in [0.25, 0.3) is 0 Å². The summed E-state index contributed by atoms with van der Waals surface area (Å²) in [7, 11) is -1.45. The normalized spacial score (nSPS) is 13.3. The Balaban J connectivity index is 3.02. The lowest BCUT2D eigenvalue weighted by molar-refractivity contribution is 0.414. The van der Waals surface area contributed by atoms with Gasteiger partial charge in [-0.05, 0) is 30.7 Å². The molecule has 0 fully saturated rings. The van der Waals surface area contributed by atoms with Crippen molar-refractivity contribution in [3.8, 4) is 5.75 Å². The first-order valence-electron chi connectivity index (χ1n) is 6.12. The molecule has 1 rings (SSSR count). The van der Waals surface area contributed by atoms with Gasteiger partial charge in [0.2, 0.25) is 0 Å². The highest BCUT2D eigenvalue weighted by Gasteiger charge is 2.19. The van der Waals surface area contributed by atoms with E-state index >= 15 is 0 Å². The van der Waals surface area contributed by atoms with Crippen molar-refractivity contribution in [3.63, 3.8) is 0 Å². The summed E-state index contributed by atoms with van der Waals surface area (Å²) in [5.41, 5.74) is 0.930. The number of benzene rings is 1. The van der Waals surface area contributed by atoms with Crippen LogP contribution in [0, 0.1) is 0 Å². The van der Waals surface area contributed by atoms with Crippen molar-refractivity contribution in [1.82, 2.24) is 5.32 Å². The quantitative estimate of drug-likeness (QED) is 0.821. The van der Waals surface area contributed by atoms with E-state index in [2.05, 4.69) is 21.2 Å². The highest BCUT2D eigenvalue weighted by atomic mass is 79.9. The molecule has 0 saturated carbocycles. The summed E-state index contributed by atoms with van der Waals surface area (Å²) in [5, 5.41) is 3.27. The lowest BCUT2D eigenvalue weighted by Crippen LogP contribution is -2.28. The second kappa shape index (κ2) is 7.26. The molecular formula is C13H20BrNO3S. The van der Waals surface area contributed by atoms with E-state index in [9.17, 15) is 8.42 Å². The fourth-order valence-electron chi connectivity index (χ4n) is 1.80. The Labute approximate surface area is 123 Å². The van der Waals surface area contributed by atoms with Gasteiger partial charge in [0.1, 0.15) is 15.6 Å². The minimum atomic E-state index is -3.05. The smallest absolute Gasteiger partial charge is 0.149 e. The van der Waals surface area contributed by atoms with Gasteiger partial charge in [0.25, 0.3) is 0 Å². The average Bonchev–Trinajstić information content (AvgIpc) is 2.33. The SMILES string of the molecule is CCCNC(CS(C)(=O)=O)c1ccc(OC)cc1Br. The molecule has 0 aliphatic rings. The molecule has 0 aromatic heterocycles. The van der Waals surface area contributed by atoms with Crippen LogP contribution in [-0.4, -0.2) is 34.1 Å². The van der Waals surface area contributed by atoms with Crippen LogP contribution in [0.4, 0.5) is 0 Å². The minimum Gasteiger partial charge on any atom is -0.497 e. The van der Waals surface area contributed by atoms with Crippen molar-refractivity contribution in [1.29, 1.82) is 0 Å². The molecule has 4 nitrogen and oxygen atoms in total. The molecule has 1 aromatic rings. The van der Waals surface area contributed by atoms with Gasteiger partial charge in [0.05, 0.1) is 12.9 Å². The number of rotatable bonds is 7. The molecule has 6 heteroatoms. The molecule has 1 atom stereocenters. The van der Waals surface area contributed by atoms with Crippen LogP contribution >= 0.6 is 15.9 Å². The van der Waals surface area contributed by atoms with Crippen molar-refractivity contribution in [2.75, 3.05) is 25.7 Å². The Morgan fingerprint density at radius 1 is 1.42 bits per heavy atom. The third kappa shape index (κ3) is 5.50. The van der Waals surface area contributed by atoms with Crippen molar-refractivity contribution in [2.45, 2.75) is 19.4 Å². The van der Waals surface area contributed by atoms with Gasteiger partial charge >= 0.3 is 0 Å². The Kier molecular flexibility index (Phi) is 6.29. The maximum atomic E-state index is 11.5. The van der Waals surface area contributed by atoms with Gasteiger partial charge in [0, 0.05) is 16.8 Å². The maximum Gasteiger partial charge on any atom is 0.149 e. The maximum absolute atomic E-state index is 11.5. The second-order valence-corrected chi connectivity index (χ2v) is 7.53. The van der Waals surface area contributed by atoms with E-state index in [1.165, 1.54) is 6.26 Å². The van der Waals surface area contributed by atoms with Gasteiger partial charge in [-0.15, -0.1) is 0 Å². The highest BCUT2D eigenvalue weighted by Crippen LogP contribution is 2.28. The molecule has 0 spiro atoms. The Morgan fingerprint density at radius 3 is 2.58 bits per heavy atom. The molecule has 0 saturated heterocycles. The van der Waals surface area contributed by atoms with E-state index < -0.39 is 9.84 Å². The monoisotopic (exact) mass is 349 g/mol. The van der Waals surface area contributed by atoms with Gasteiger partial charge in [-0.1, -0.05) is 28.9 Å². The fourth-order valence-corrected chi connectivity index (χ4v) is 3.33. The molecular weight excluding hydrogens is 330 g/mol. The van der Waals surface area contributed by atoms with Gasteiger partial charge in [-0.2, -0.15) is 0 Å². The summed E-state index contributed by atoms with van der Waals surface area (Å²) in [5.74, 6) is 0.821. The second-order valence-electron chi connectivity index (χ2n) is 4.49. The zero-order valence-corrected chi connectivity index (χ0v) is 13.8. The Hall–Kier alpha value is -0.590. The summed E-state index contributed by atoms with van der Waals surface area (Å²) in [6.45, 7) is 2.83. The predicted octanol–water partition coefficient (Wildman–Crippen LogP) is 2.54. The molecule has 0 aliphatic carbocycles. The lowest BCUT2D eigenvalue weighted by Gasteiger charge is -2.20. The number of hydrogen-bond donors (Lipinski definition) is 1. The number of nitrogens with one attached hydrogen (secondary N) is 1. The van der Waals surface area contributed by atoms with E-state index in [4.69, 9.17) is 4.74 Å². The van der Waals surface area contributed by atoms with Crippen LogP contribution in [0.15, 0.2) is 22.7 Å². The minimum absolute atomic E-state index is 0.0813. The molecule has 0 aliphatic heterocycles. The van der Waals surface area contributed by atoms with Crippen LogP contribution in [0.5, 0.6) is 5.75 Å². The van der Waals surface area contributed by atoms with Gasteiger partial charge in [-0.25, -0.2) is 8.42 Å². The van der Waals surface area contributed by atoms with Gasteiger partial charge < -0.3 is 10.1 Å². The third-order valence-corrected chi connectivity index (χ3v) is 4.32. The molecule has 19 heavy (non-hydrogen) atoms. The van der Waals surface area contributed by atoms with Gasteiger partial charge in [0.15, 0.2) is 0 Å². The van der Waals surface area contributed by atoms with Crippen molar-refractivity contribution < 1.29 is 13.2 Å². The number of methoxy groups -OCH3 is 1. The zero-order valence-electron chi connectivity index (χ0n) is 11.4. The molecule has 1 N–H and O–H groups in total. The number of sulfone groups is 1. The molecule has 108 valence electrons. The summed E-state index contributed by atoms with van der Waals surface area (Å²) in [6, 6.07) is 5.36. The van der Waals surface area contributed by atoms with Crippen LogP contribution in [0.3, 0.4) is 0 Å². The molecule has 0 bridgehead atoms. The Morgan fingerprint density at radius 2 is 2.11 bits per heavy atom. The largest absolute Gasteiger partial charge is 0.497 e. The number of ether oxygens (including phenoxy) is 1. The summed E-state index contributed by atoms with van der Waals surface area (Å²) in [6.07, 6.45) is 2.21. The van der Waals surface area contributed by atoms with Crippen LogP contribution < -0.4 is 10.1 Å². The van der Waals surface area contributed by atoms with E-state index in [1.807, 2.05) is 25.1 Å². The van der Waals surface area contributed by atoms with E-state index in [0.29, 0.717) is 0 Å². The standard InChI is InChI=1S/C13H20BrNO3S/c1-4-7-15-13(9-19(3,16)17)11-6-5-10(18-2)8-12(11)14/h5-6,8,13,15H,4,7,9H2,1-3H3. The predicted molar refractivity (Wildman–Crippen MR) is 81.4 cm³/mol. The summed E-state index contributed by atoms with van der Waals surface area (Å²) >= 11 is 3.47. The molecule has 0 radical (unpaired) electrons. The van der Waals surface area contributed by atoms with Crippen LogP contribution in [0.1, 0.15) is 24.9 Å². The zero-order chi connectivity index (χ0) is 14.5. The van der Waals surface area contributed by atoms with Gasteiger partial charge in [-0.3, -0.25) is 0 Å². The van der Waals surface area contributed by atoms with E-state index in [1.54, 1.807) is 7.11 Å². The fraction of sp³-hybridized carbons (Fsp3) is 0.538. The van der Waals surface area contributed by atoms with E-state index in [0.717, 1.165) is 28.8 Å². The molecule has 1 unspecified atom stereocenters. The number of halogens is 1. The third-order valence-electron chi connectivity index (χ3n) is 2.69. The lowest BCUT2D eigenvalue weighted by atomic mass is 10.1. The van der Waals surface area contributed by atoms with Crippen molar-refractivity contribution in [2.24, 2.45) is 0 Å². The first kappa shape index (κ1) is 16.5. The first-order valence-corrected chi connectivity index (χ1v) is 8.97. The van der Waals surface area contributed by atoms with Crippen LogP contribution in [0.2, 0.25) is 0 Å². The summed E-state index contributed by atoms with van der Waals surface area (Å²) in [4.78, 5) is 0. The topological polar surface area (TPSA) is 55.4 Å². The Bertz CT molecular complexity index is 517. The van der Waals surface area contributed by atoms with Crippen molar-refractivity contribution in [3.05, 3.63) is 28.2 Å². The summed E-state index contributed by atoms with van der Waals surface area (Å²) < 4.78 is 29.1. The molecule has 0 amide bonds. The highest BCUT2D eigenvalue weighted by molar-refractivity contribution is 9.10. The number of hydrogen-bond acceptors (Lipinski definition) is 4. The molecule has 0 heterocycles. The van der Waals surface area contributed by atoms with Crippen molar-refractivity contribution >= 4 is 25.8 Å². The first-order chi connectivity index (χ1) is 8.87. The van der Waals surface area contributed by atoms with Crippen LogP contribution in [-0.2, 0) is 9.84 Å².